The Bertz CT molecular complexity index is 196. The molecule has 0 amide bonds. The molecule has 0 aromatic rings. The smallest absolute Gasteiger partial charge is 0.104 e. The topological polar surface area (TPSA) is 60.7 Å². The zero-order valence-corrected chi connectivity index (χ0v) is 9.62. The summed E-state index contributed by atoms with van der Waals surface area (Å²) in [5, 5.41) is 28.8. The Hall–Kier alpha value is 0.170. The van der Waals surface area contributed by atoms with Crippen LogP contribution in [0.5, 0.6) is 0 Å². The first-order valence-electron chi connectivity index (χ1n) is 4.92. The van der Waals surface area contributed by atoms with Crippen molar-refractivity contribution in [1.29, 1.82) is 0 Å². The molecule has 1 aliphatic rings. The van der Waals surface area contributed by atoms with E-state index < -0.39 is 22.7 Å². The van der Waals surface area contributed by atoms with Gasteiger partial charge in [-0.05, 0) is 39.5 Å². The summed E-state index contributed by atoms with van der Waals surface area (Å²) in [6, 6.07) is 0. The van der Waals surface area contributed by atoms with Crippen LogP contribution in [0, 0.1) is 5.92 Å². The number of hydrogen-bond acceptors (Lipinski definition) is 3. The first-order chi connectivity index (χ1) is 6.15. The maximum absolute atomic E-state index is 9.83. The maximum atomic E-state index is 9.83. The minimum Gasteiger partial charge on any atom is -0.390 e. The molecule has 0 spiro atoms. The Morgan fingerprint density at radius 3 is 2.21 bits per heavy atom. The molecule has 0 aliphatic heterocycles. The van der Waals surface area contributed by atoms with E-state index in [1.54, 1.807) is 13.8 Å². The van der Waals surface area contributed by atoms with Gasteiger partial charge < -0.3 is 15.3 Å². The average molecular weight is 223 g/mol. The second-order valence-corrected chi connectivity index (χ2v) is 5.56. The molecule has 1 saturated carbocycles. The first-order valence-corrected chi connectivity index (χ1v) is 5.36. The minimum absolute atomic E-state index is 0.0692. The SMILES string of the molecule is CC(C)(O)C1CC(O)C(C)(O)C(Cl)C1. The molecule has 0 aromatic carbocycles. The summed E-state index contributed by atoms with van der Waals surface area (Å²) in [6.45, 7) is 4.94. The summed E-state index contributed by atoms with van der Waals surface area (Å²) in [4.78, 5) is 0. The van der Waals surface area contributed by atoms with Crippen LogP contribution < -0.4 is 0 Å². The van der Waals surface area contributed by atoms with Crippen molar-refractivity contribution in [2.75, 3.05) is 0 Å². The van der Waals surface area contributed by atoms with E-state index in [1.165, 1.54) is 6.92 Å². The van der Waals surface area contributed by atoms with E-state index >= 15 is 0 Å². The third-order valence-corrected chi connectivity index (χ3v) is 3.93. The van der Waals surface area contributed by atoms with Crippen LogP contribution in [0.4, 0.5) is 0 Å². The van der Waals surface area contributed by atoms with Gasteiger partial charge in [0.1, 0.15) is 5.60 Å². The standard InChI is InChI=1S/C10H19ClO3/c1-9(2,13)6-4-7(11)10(3,14)8(12)5-6/h6-8,12-14H,4-5H2,1-3H3. The lowest BCUT2D eigenvalue weighted by Crippen LogP contribution is -2.55. The van der Waals surface area contributed by atoms with Crippen molar-refractivity contribution in [1.82, 2.24) is 0 Å². The van der Waals surface area contributed by atoms with Gasteiger partial charge in [-0.25, -0.2) is 0 Å². The third-order valence-electron chi connectivity index (χ3n) is 3.31. The van der Waals surface area contributed by atoms with Gasteiger partial charge in [0.05, 0.1) is 17.1 Å². The molecule has 0 heterocycles. The van der Waals surface area contributed by atoms with Gasteiger partial charge in [0.2, 0.25) is 0 Å². The summed E-state index contributed by atoms with van der Waals surface area (Å²) >= 11 is 5.98. The second kappa shape index (κ2) is 3.63. The van der Waals surface area contributed by atoms with Gasteiger partial charge in [0, 0.05) is 0 Å². The molecule has 84 valence electrons. The molecule has 4 unspecified atom stereocenters. The average Bonchev–Trinajstić information content (AvgIpc) is 1.98. The normalized spacial score (nSPS) is 45.2. The Kier molecular flexibility index (Phi) is 3.18. The zero-order chi connectivity index (χ0) is 11.1. The van der Waals surface area contributed by atoms with Crippen LogP contribution >= 0.6 is 11.6 Å². The highest BCUT2D eigenvalue weighted by Crippen LogP contribution is 2.40. The molecule has 4 heteroatoms. The van der Waals surface area contributed by atoms with Crippen molar-refractivity contribution in [2.24, 2.45) is 5.92 Å². The first kappa shape index (κ1) is 12.2. The van der Waals surface area contributed by atoms with Gasteiger partial charge in [-0.15, -0.1) is 11.6 Å². The quantitative estimate of drug-likeness (QED) is 0.578. The summed E-state index contributed by atoms with van der Waals surface area (Å²) in [5.41, 5.74) is -2.10. The van der Waals surface area contributed by atoms with Crippen LogP contribution in [0.25, 0.3) is 0 Å². The van der Waals surface area contributed by atoms with Crippen molar-refractivity contribution in [3.05, 3.63) is 0 Å². The van der Waals surface area contributed by atoms with Crippen LogP contribution in [0.2, 0.25) is 0 Å². The van der Waals surface area contributed by atoms with E-state index in [0.29, 0.717) is 12.8 Å². The fourth-order valence-electron chi connectivity index (χ4n) is 1.88. The largest absolute Gasteiger partial charge is 0.390 e. The molecular weight excluding hydrogens is 204 g/mol. The fraction of sp³-hybridized carbons (Fsp3) is 1.00. The van der Waals surface area contributed by atoms with Gasteiger partial charge >= 0.3 is 0 Å². The Labute approximate surface area is 89.7 Å². The number of hydrogen-bond donors (Lipinski definition) is 3. The van der Waals surface area contributed by atoms with Crippen LogP contribution in [0.1, 0.15) is 33.6 Å². The molecule has 3 N–H and O–H groups in total. The molecule has 14 heavy (non-hydrogen) atoms. The zero-order valence-electron chi connectivity index (χ0n) is 8.87. The Morgan fingerprint density at radius 1 is 1.36 bits per heavy atom. The monoisotopic (exact) mass is 222 g/mol. The highest BCUT2D eigenvalue weighted by atomic mass is 35.5. The number of rotatable bonds is 1. The van der Waals surface area contributed by atoms with Crippen LogP contribution in [0.3, 0.4) is 0 Å². The van der Waals surface area contributed by atoms with Crippen molar-refractivity contribution in [3.8, 4) is 0 Å². The van der Waals surface area contributed by atoms with E-state index in [-0.39, 0.29) is 5.92 Å². The lowest BCUT2D eigenvalue weighted by Gasteiger charge is -2.45. The van der Waals surface area contributed by atoms with E-state index in [9.17, 15) is 15.3 Å². The number of aliphatic hydroxyl groups is 3. The fourth-order valence-corrected chi connectivity index (χ4v) is 2.24. The predicted molar refractivity (Wildman–Crippen MR) is 55.3 cm³/mol. The van der Waals surface area contributed by atoms with Crippen molar-refractivity contribution in [3.63, 3.8) is 0 Å². The molecule has 1 rings (SSSR count). The Morgan fingerprint density at radius 2 is 1.86 bits per heavy atom. The predicted octanol–water partition coefficient (Wildman–Crippen LogP) is 0.887. The van der Waals surface area contributed by atoms with Gasteiger partial charge in [0.25, 0.3) is 0 Å². The molecule has 3 nitrogen and oxygen atoms in total. The highest BCUT2D eigenvalue weighted by molar-refractivity contribution is 6.21. The van der Waals surface area contributed by atoms with Crippen LogP contribution in [0.15, 0.2) is 0 Å². The maximum Gasteiger partial charge on any atom is 0.104 e. The van der Waals surface area contributed by atoms with E-state index in [0.717, 1.165) is 0 Å². The molecular formula is C10H19ClO3. The summed E-state index contributed by atoms with van der Waals surface area (Å²) in [6.07, 6.45) is 0.0460. The van der Waals surface area contributed by atoms with Crippen molar-refractivity contribution in [2.45, 2.75) is 56.3 Å². The second-order valence-electron chi connectivity index (χ2n) is 5.03. The summed E-state index contributed by atoms with van der Waals surface area (Å²) in [5.74, 6) is -0.0692. The summed E-state index contributed by atoms with van der Waals surface area (Å²) in [7, 11) is 0. The van der Waals surface area contributed by atoms with Gasteiger partial charge in [-0.1, -0.05) is 0 Å². The van der Waals surface area contributed by atoms with Crippen LogP contribution in [-0.4, -0.2) is 38.0 Å². The van der Waals surface area contributed by atoms with Crippen LogP contribution in [-0.2, 0) is 0 Å². The molecule has 4 atom stereocenters. The number of aliphatic hydroxyl groups excluding tert-OH is 1. The van der Waals surface area contributed by atoms with Crippen molar-refractivity contribution >= 4 is 11.6 Å². The van der Waals surface area contributed by atoms with Gasteiger partial charge in [0.15, 0.2) is 0 Å². The van der Waals surface area contributed by atoms with Crippen molar-refractivity contribution < 1.29 is 15.3 Å². The summed E-state index contributed by atoms with van der Waals surface area (Å²) < 4.78 is 0. The molecule has 0 bridgehead atoms. The third kappa shape index (κ3) is 2.22. The van der Waals surface area contributed by atoms with Gasteiger partial charge in [-0.3, -0.25) is 0 Å². The molecule has 1 aliphatic carbocycles. The minimum atomic E-state index is -1.25. The molecule has 0 saturated heterocycles. The van der Waals surface area contributed by atoms with Gasteiger partial charge in [-0.2, -0.15) is 0 Å². The number of alkyl halides is 1. The lowest BCUT2D eigenvalue weighted by molar-refractivity contribution is -0.123. The molecule has 0 aromatic heterocycles. The molecule has 0 radical (unpaired) electrons. The lowest BCUT2D eigenvalue weighted by atomic mass is 9.71. The van der Waals surface area contributed by atoms with E-state index in [4.69, 9.17) is 11.6 Å². The Balaban J connectivity index is 2.76. The van der Waals surface area contributed by atoms with E-state index in [2.05, 4.69) is 0 Å². The van der Waals surface area contributed by atoms with E-state index in [1.807, 2.05) is 0 Å². The highest BCUT2D eigenvalue weighted by Gasteiger charge is 2.47. The molecule has 1 fully saturated rings. The number of halogens is 1.